The summed E-state index contributed by atoms with van der Waals surface area (Å²) in [6.07, 6.45) is 0. The summed E-state index contributed by atoms with van der Waals surface area (Å²) >= 11 is 8.77. The molecule has 2 aromatic carbocycles. The molecule has 0 aliphatic heterocycles. The molecule has 2 rings (SSSR count). The second-order valence-electron chi connectivity index (χ2n) is 3.92. The summed E-state index contributed by atoms with van der Waals surface area (Å²) < 4.78 is 40.1. The van der Waals surface area contributed by atoms with Crippen LogP contribution in [0, 0.1) is 5.82 Å². The summed E-state index contributed by atoms with van der Waals surface area (Å²) in [6, 6.07) is 7.85. The molecule has 0 saturated carbocycles. The first kappa shape index (κ1) is 15.1. The lowest BCUT2D eigenvalue weighted by Crippen LogP contribution is -2.13. The maximum absolute atomic E-state index is 13.4. The van der Waals surface area contributed by atoms with Gasteiger partial charge in [0.25, 0.3) is 10.0 Å². The highest BCUT2D eigenvalue weighted by Gasteiger charge is 2.16. The third kappa shape index (κ3) is 3.23. The maximum atomic E-state index is 13.4. The van der Waals surface area contributed by atoms with Crippen molar-refractivity contribution in [3.05, 3.63) is 51.7 Å². The number of anilines is 2. The lowest BCUT2D eigenvalue weighted by Gasteiger charge is -2.09. The first-order valence-electron chi connectivity index (χ1n) is 5.32. The highest BCUT2D eigenvalue weighted by molar-refractivity contribution is 9.10. The molecule has 0 heterocycles. The van der Waals surface area contributed by atoms with Crippen LogP contribution in [0.2, 0.25) is 5.02 Å². The Morgan fingerprint density at radius 2 is 1.90 bits per heavy atom. The van der Waals surface area contributed by atoms with Gasteiger partial charge in [-0.2, -0.15) is 0 Å². The maximum Gasteiger partial charge on any atom is 0.261 e. The molecule has 0 radical (unpaired) electrons. The molecule has 2 aromatic rings. The third-order valence-electron chi connectivity index (χ3n) is 2.45. The van der Waals surface area contributed by atoms with Crippen LogP contribution in [-0.2, 0) is 10.0 Å². The monoisotopic (exact) mass is 378 g/mol. The van der Waals surface area contributed by atoms with Gasteiger partial charge in [-0.3, -0.25) is 4.72 Å². The summed E-state index contributed by atoms with van der Waals surface area (Å²) in [5, 5.41) is 0.134. The van der Waals surface area contributed by atoms with Crippen molar-refractivity contribution in [3.8, 4) is 0 Å². The molecule has 4 nitrogen and oxygen atoms in total. The molecule has 106 valence electrons. The average molecular weight is 380 g/mol. The van der Waals surface area contributed by atoms with E-state index in [9.17, 15) is 12.8 Å². The lowest BCUT2D eigenvalue weighted by molar-refractivity contribution is 0.601. The van der Waals surface area contributed by atoms with E-state index >= 15 is 0 Å². The fourth-order valence-electron chi connectivity index (χ4n) is 1.45. The van der Waals surface area contributed by atoms with Gasteiger partial charge in [-0.15, -0.1) is 0 Å². The number of nitrogens with two attached hydrogens (primary N) is 1. The summed E-state index contributed by atoms with van der Waals surface area (Å²) in [5.74, 6) is -0.569. The highest BCUT2D eigenvalue weighted by Crippen LogP contribution is 2.25. The normalized spacial score (nSPS) is 11.3. The fourth-order valence-corrected chi connectivity index (χ4v) is 3.02. The van der Waals surface area contributed by atoms with Crippen molar-refractivity contribution in [1.82, 2.24) is 0 Å². The van der Waals surface area contributed by atoms with E-state index in [1.807, 2.05) is 0 Å². The predicted molar refractivity (Wildman–Crippen MR) is 80.8 cm³/mol. The van der Waals surface area contributed by atoms with E-state index in [0.717, 1.165) is 6.07 Å². The molecule has 0 saturated heterocycles. The molecule has 0 atom stereocenters. The number of hydrogen-bond donors (Lipinski definition) is 2. The first-order valence-corrected chi connectivity index (χ1v) is 7.98. The van der Waals surface area contributed by atoms with Gasteiger partial charge in [-0.1, -0.05) is 11.6 Å². The quantitative estimate of drug-likeness (QED) is 0.800. The van der Waals surface area contributed by atoms with Gasteiger partial charge in [0.2, 0.25) is 0 Å². The number of halogens is 3. The largest absolute Gasteiger partial charge is 0.398 e. The van der Waals surface area contributed by atoms with E-state index in [1.54, 1.807) is 0 Å². The van der Waals surface area contributed by atoms with Crippen molar-refractivity contribution < 1.29 is 12.8 Å². The van der Waals surface area contributed by atoms with E-state index < -0.39 is 15.8 Å². The molecule has 3 N–H and O–H groups in total. The summed E-state index contributed by atoms with van der Waals surface area (Å²) in [7, 11) is -3.85. The minimum Gasteiger partial charge on any atom is -0.398 e. The topological polar surface area (TPSA) is 72.2 Å². The van der Waals surface area contributed by atoms with Crippen LogP contribution < -0.4 is 10.5 Å². The second-order valence-corrected chi connectivity index (χ2v) is 6.86. The van der Waals surface area contributed by atoms with Gasteiger partial charge in [0.15, 0.2) is 0 Å². The van der Waals surface area contributed by atoms with E-state index in [-0.39, 0.29) is 25.8 Å². The fraction of sp³-hybridized carbons (Fsp3) is 0. The van der Waals surface area contributed by atoms with Crippen LogP contribution in [0.4, 0.5) is 15.8 Å². The van der Waals surface area contributed by atoms with Crippen LogP contribution >= 0.6 is 27.5 Å². The number of sulfonamides is 1. The Hall–Kier alpha value is -1.31. The molecule has 8 heteroatoms. The van der Waals surface area contributed by atoms with E-state index in [0.29, 0.717) is 0 Å². The Bertz CT molecular complexity index is 768. The Morgan fingerprint density at radius 3 is 2.50 bits per heavy atom. The van der Waals surface area contributed by atoms with Crippen LogP contribution in [-0.4, -0.2) is 8.42 Å². The van der Waals surface area contributed by atoms with Crippen LogP contribution in [0.3, 0.4) is 0 Å². The molecule has 0 unspecified atom stereocenters. The molecule has 0 bridgehead atoms. The van der Waals surface area contributed by atoms with Crippen LogP contribution in [0.25, 0.3) is 0 Å². The first-order chi connectivity index (χ1) is 9.29. The molecule has 0 spiro atoms. The van der Waals surface area contributed by atoms with Gasteiger partial charge >= 0.3 is 0 Å². The van der Waals surface area contributed by atoms with E-state index in [2.05, 4.69) is 20.7 Å². The van der Waals surface area contributed by atoms with Gasteiger partial charge in [-0.25, -0.2) is 12.8 Å². The van der Waals surface area contributed by atoms with Gasteiger partial charge in [0.1, 0.15) is 5.82 Å². The molecule has 0 aliphatic rings. The molecule has 0 aliphatic carbocycles. The van der Waals surface area contributed by atoms with Gasteiger partial charge < -0.3 is 5.73 Å². The van der Waals surface area contributed by atoms with Crippen LogP contribution in [0.15, 0.2) is 45.8 Å². The number of nitrogens with one attached hydrogen (secondary N) is 1. The molecular formula is C12H9BrClFN2O2S. The number of benzene rings is 2. The SMILES string of the molecule is Nc1ccc(S(=O)(=O)Nc2ccc(Br)c(F)c2)cc1Cl. The van der Waals surface area contributed by atoms with Crippen molar-refractivity contribution in [2.75, 3.05) is 10.5 Å². The number of rotatable bonds is 3. The predicted octanol–water partition coefficient (Wildman–Crippen LogP) is 3.62. The van der Waals surface area contributed by atoms with E-state index in [4.69, 9.17) is 17.3 Å². The van der Waals surface area contributed by atoms with Crippen molar-refractivity contribution in [3.63, 3.8) is 0 Å². The van der Waals surface area contributed by atoms with Gasteiger partial charge in [0.05, 0.1) is 25.8 Å². The summed E-state index contributed by atoms with van der Waals surface area (Å²) in [4.78, 5) is -0.0555. The Kier molecular flexibility index (Phi) is 4.22. The zero-order chi connectivity index (χ0) is 14.9. The average Bonchev–Trinajstić information content (AvgIpc) is 2.37. The second kappa shape index (κ2) is 5.59. The van der Waals surface area contributed by atoms with Crippen molar-refractivity contribution in [1.29, 1.82) is 0 Å². The molecule has 0 aromatic heterocycles. The minimum atomic E-state index is -3.85. The zero-order valence-corrected chi connectivity index (χ0v) is 13.1. The summed E-state index contributed by atoms with van der Waals surface area (Å²) in [5.41, 5.74) is 5.91. The van der Waals surface area contributed by atoms with Crippen LogP contribution in [0.1, 0.15) is 0 Å². The standard InChI is InChI=1S/C12H9BrClFN2O2S/c13-9-3-1-7(5-11(9)15)17-20(18,19)8-2-4-12(16)10(14)6-8/h1-6,17H,16H2. The smallest absolute Gasteiger partial charge is 0.261 e. The van der Waals surface area contributed by atoms with Crippen molar-refractivity contribution >= 4 is 48.9 Å². The van der Waals surface area contributed by atoms with E-state index in [1.165, 1.54) is 30.3 Å². The lowest BCUT2D eigenvalue weighted by atomic mass is 10.3. The summed E-state index contributed by atoms with van der Waals surface area (Å²) in [6.45, 7) is 0. The third-order valence-corrected chi connectivity index (χ3v) is 4.80. The van der Waals surface area contributed by atoms with Crippen molar-refractivity contribution in [2.45, 2.75) is 4.90 Å². The van der Waals surface area contributed by atoms with Crippen LogP contribution in [0.5, 0.6) is 0 Å². The molecular weight excluding hydrogens is 371 g/mol. The zero-order valence-electron chi connectivity index (χ0n) is 9.90. The molecule has 20 heavy (non-hydrogen) atoms. The Labute approximate surface area is 128 Å². The number of hydrogen-bond acceptors (Lipinski definition) is 3. The van der Waals surface area contributed by atoms with Gasteiger partial charge in [-0.05, 0) is 52.3 Å². The minimum absolute atomic E-state index is 0.0555. The Morgan fingerprint density at radius 1 is 1.20 bits per heavy atom. The van der Waals surface area contributed by atoms with Crippen molar-refractivity contribution in [2.24, 2.45) is 0 Å². The highest BCUT2D eigenvalue weighted by atomic mass is 79.9. The van der Waals surface area contributed by atoms with Gasteiger partial charge in [0, 0.05) is 0 Å². The molecule has 0 amide bonds. The molecule has 0 fully saturated rings. The number of nitrogen functional groups attached to an aromatic ring is 1. The Balaban J connectivity index is 2.35.